The van der Waals surface area contributed by atoms with Gasteiger partial charge in [0.1, 0.15) is 0 Å². The maximum absolute atomic E-state index is 3.80. The van der Waals surface area contributed by atoms with Crippen molar-refractivity contribution >= 4 is 0 Å². The molecule has 0 saturated heterocycles. The SMILES string of the molecule is Cc1cc(CNC2CC3CCC2C3)c(C)n1C. The van der Waals surface area contributed by atoms with Crippen LogP contribution in [0.25, 0.3) is 0 Å². The van der Waals surface area contributed by atoms with E-state index in [1.54, 1.807) is 0 Å². The first-order chi connectivity index (χ1) is 8.15. The molecule has 3 atom stereocenters. The van der Waals surface area contributed by atoms with Crippen LogP contribution in [0.4, 0.5) is 0 Å². The second-order valence-corrected chi connectivity index (χ2v) is 6.12. The Bertz CT molecular complexity index is 419. The van der Waals surface area contributed by atoms with Crippen LogP contribution >= 0.6 is 0 Å². The summed E-state index contributed by atoms with van der Waals surface area (Å²) in [7, 11) is 2.16. The third-order valence-electron chi connectivity index (χ3n) is 5.17. The number of hydrogen-bond donors (Lipinski definition) is 1. The molecule has 0 aliphatic heterocycles. The third kappa shape index (κ3) is 1.93. The van der Waals surface area contributed by atoms with E-state index in [0.717, 1.165) is 24.4 Å². The van der Waals surface area contributed by atoms with Gasteiger partial charge in [0.2, 0.25) is 0 Å². The zero-order valence-corrected chi connectivity index (χ0v) is 11.3. The van der Waals surface area contributed by atoms with Crippen LogP contribution < -0.4 is 5.32 Å². The summed E-state index contributed by atoms with van der Waals surface area (Å²) in [6.45, 7) is 5.47. The summed E-state index contributed by atoms with van der Waals surface area (Å²) in [5.74, 6) is 2.02. The van der Waals surface area contributed by atoms with E-state index < -0.39 is 0 Å². The Balaban J connectivity index is 1.62. The average Bonchev–Trinajstić information content (AvgIpc) is 2.98. The lowest BCUT2D eigenvalue weighted by atomic mass is 9.95. The number of hydrogen-bond acceptors (Lipinski definition) is 1. The van der Waals surface area contributed by atoms with E-state index in [9.17, 15) is 0 Å². The fourth-order valence-corrected chi connectivity index (χ4v) is 3.85. The highest BCUT2D eigenvalue weighted by atomic mass is 15.0. The van der Waals surface area contributed by atoms with E-state index in [-0.39, 0.29) is 0 Å². The van der Waals surface area contributed by atoms with Gasteiger partial charge in [-0.05, 0) is 56.6 Å². The molecule has 0 spiro atoms. The van der Waals surface area contributed by atoms with Crippen LogP contribution in [0.2, 0.25) is 0 Å². The van der Waals surface area contributed by atoms with Crippen molar-refractivity contribution in [2.45, 2.75) is 52.1 Å². The lowest BCUT2D eigenvalue weighted by Crippen LogP contribution is -2.33. The zero-order valence-electron chi connectivity index (χ0n) is 11.3. The summed E-state index contributed by atoms with van der Waals surface area (Å²) in [5, 5.41) is 3.80. The van der Waals surface area contributed by atoms with Crippen molar-refractivity contribution in [3.05, 3.63) is 23.0 Å². The molecular weight excluding hydrogens is 208 g/mol. The van der Waals surface area contributed by atoms with E-state index in [1.165, 1.54) is 42.6 Å². The Kier molecular flexibility index (Phi) is 2.78. The first kappa shape index (κ1) is 11.3. The fourth-order valence-electron chi connectivity index (χ4n) is 3.85. The van der Waals surface area contributed by atoms with Crippen molar-refractivity contribution in [2.24, 2.45) is 18.9 Å². The largest absolute Gasteiger partial charge is 0.352 e. The minimum absolute atomic E-state index is 0.800. The molecule has 2 aliphatic carbocycles. The lowest BCUT2D eigenvalue weighted by molar-refractivity contribution is 0.350. The van der Waals surface area contributed by atoms with Crippen molar-refractivity contribution in [3.8, 4) is 0 Å². The Morgan fingerprint density at radius 2 is 2.12 bits per heavy atom. The smallest absolute Gasteiger partial charge is 0.0226 e. The lowest BCUT2D eigenvalue weighted by Gasteiger charge is -2.23. The van der Waals surface area contributed by atoms with Gasteiger partial charge in [-0.15, -0.1) is 0 Å². The maximum Gasteiger partial charge on any atom is 0.0226 e. The predicted octanol–water partition coefficient (Wildman–Crippen LogP) is 2.92. The molecule has 0 aromatic carbocycles. The minimum Gasteiger partial charge on any atom is -0.352 e. The van der Waals surface area contributed by atoms with E-state index >= 15 is 0 Å². The molecule has 1 heterocycles. The number of rotatable bonds is 3. The predicted molar refractivity (Wildman–Crippen MR) is 71.0 cm³/mol. The molecule has 1 N–H and O–H groups in total. The van der Waals surface area contributed by atoms with Gasteiger partial charge in [0.15, 0.2) is 0 Å². The summed E-state index contributed by atoms with van der Waals surface area (Å²) in [6, 6.07) is 3.13. The van der Waals surface area contributed by atoms with Crippen molar-refractivity contribution in [1.82, 2.24) is 9.88 Å². The molecule has 2 saturated carbocycles. The summed E-state index contributed by atoms with van der Waals surface area (Å²) in [5.41, 5.74) is 4.26. The van der Waals surface area contributed by atoms with E-state index in [0.29, 0.717) is 0 Å². The number of nitrogens with one attached hydrogen (secondary N) is 1. The molecule has 1 aromatic rings. The molecule has 0 amide bonds. The van der Waals surface area contributed by atoms with Gasteiger partial charge in [0, 0.05) is 31.0 Å². The number of nitrogens with zero attached hydrogens (tertiary/aromatic N) is 1. The molecule has 2 fully saturated rings. The van der Waals surface area contributed by atoms with Crippen LogP contribution in [0.15, 0.2) is 6.07 Å². The van der Waals surface area contributed by atoms with Gasteiger partial charge in [-0.25, -0.2) is 0 Å². The number of aryl methyl sites for hydroxylation is 1. The Morgan fingerprint density at radius 1 is 1.29 bits per heavy atom. The average molecular weight is 232 g/mol. The van der Waals surface area contributed by atoms with Crippen LogP contribution in [-0.2, 0) is 13.6 Å². The topological polar surface area (TPSA) is 17.0 Å². The van der Waals surface area contributed by atoms with Gasteiger partial charge in [-0.2, -0.15) is 0 Å². The molecule has 2 heteroatoms. The van der Waals surface area contributed by atoms with Gasteiger partial charge in [0.25, 0.3) is 0 Å². The number of aromatic nitrogens is 1. The quantitative estimate of drug-likeness (QED) is 0.848. The highest BCUT2D eigenvalue weighted by molar-refractivity contribution is 5.26. The normalized spacial score (nSPS) is 31.4. The molecular formula is C15H24N2. The first-order valence-electron chi connectivity index (χ1n) is 7.00. The Hall–Kier alpha value is -0.760. The summed E-state index contributed by atoms with van der Waals surface area (Å²) in [4.78, 5) is 0. The third-order valence-corrected chi connectivity index (χ3v) is 5.17. The monoisotopic (exact) mass is 232 g/mol. The standard InChI is InChI=1S/C15H24N2/c1-10-6-14(11(2)17(10)3)9-16-15-8-12-4-5-13(15)7-12/h6,12-13,15-16H,4-5,7-9H2,1-3H3. The molecule has 94 valence electrons. The van der Waals surface area contributed by atoms with Crippen LogP contribution in [0, 0.1) is 25.7 Å². The Labute approximate surface area is 104 Å². The van der Waals surface area contributed by atoms with Crippen LogP contribution in [0.1, 0.15) is 42.6 Å². The molecule has 1 aromatic heterocycles. The van der Waals surface area contributed by atoms with Gasteiger partial charge < -0.3 is 9.88 Å². The van der Waals surface area contributed by atoms with Crippen molar-refractivity contribution in [2.75, 3.05) is 0 Å². The molecule has 2 nitrogen and oxygen atoms in total. The van der Waals surface area contributed by atoms with Crippen LogP contribution in [0.5, 0.6) is 0 Å². The van der Waals surface area contributed by atoms with Gasteiger partial charge in [-0.1, -0.05) is 6.42 Å². The van der Waals surface area contributed by atoms with Crippen LogP contribution in [0.3, 0.4) is 0 Å². The Morgan fingerprint density at radius 3 is 2.65 bits per heavy atom. The molecule has 3 rings (SSSR count). The van der Waals surface area contributed by atoms with Gasteiger partial charge in [0.05, 0.1) is 0 Å². The number of fused-ring (bicyclic) bond motifs is 2. The van der Waals surface area contributed by atoms with E-state index in [1.807, 2.05) is 0 Å². The first-order valence-corrected chi connectivity index (χ1v) is 7.00. The minimum atomic E-state index is 0.800. The van der Waals surface area contributed by atoms with Crippen molar-refractivity contribution < 1.29 is 0 Å². The second kappa shape index (κ2) is 4.16. The van der Waals surface area contributed by atoms with Gasteiger partial charge in [-0.3, -0.25) is 0 Å². The highest BCUT2D eigenvalue weighted by Crippen LogP contribution is 2.44. The zero-order chi connectivity index (χ0) is 12.0. The van der Waals surface area contributed by atoms with Crippen LogP contribution in [-0.4, -0.2) is 10.6 Å². The summed E-state index contributed by atoms with van der Waals surface area (Å²) >= 11 is 0. The molecule has 0 radical (unpaired) electrons. The highest BCUT2D eigenvalue weighted by Gasteiger charge is 2.38. The van der Waals surface area contributed by atoms with Crippen molar-refractivity contribution in [3.63, 3.8) is 0 Å². The molecule has 17 heavy (non-hydrogen) atoms. The van der Waals surface area contributed by atoms with Crippen molar-refractivity contribution in [1.29, 1.82) is 0 Å². The van der Waals surface area contributed by atoms with E-state index in [2.05, 4.69) is 36.8 Å². The summed E-state index contributed by atoms with van der Waals surface area (Å²) < 4.78 is 2.29. The van der Waals surface area contributed by atoms with Gasteiger partial charge >= 0.3 is 0 Å². The second-order valence-electron chi connectivity index (χ2n) is 6.12. The molecule has 2 bridgehead atoms. The van der Waals surface area contributed by atoms with E-state index in [4.69, 9.17) is 0 Å². The fraction of sp³-hybridized carbons (Fsp3) is 0.733. The summed E-state index contributed by atoms with van der Waals surface area (Å²) in [6.07, 6.45) is 5.88. The maximum atomic E-state index is 3.80. The molecule has 2 aliphatic rings. The molecule has 3 unspecified atom stereocenters.